The van der Waals surface area contributed by atoms with Crippen molar-refractivity contribution >= 4 is 17.1 Å². The topological polar surface area (TPSA) is 6.25 Å². The summed E-state index contributed by atoms with van der Waals surface area (Å²) in [6.45, 7) is 18.1. The third-order valence-corrected chi connectivity index (χ3v) is 6.96. The molecule has 0 unspecified atom stereocenters. The first kappa shape index (κ1) is 20.7. The molecule has 0 saturated heterocycles. The van der Waals surface area contributed by atoms with Crippen LogP contribution in [-0.2, 0) is 10.8 Å². The summed E-state index contributed by atoms with van der Waals surface area (Å²) in [5, 5.41) is 0. The minimum Gasteiger partial charge on any atom is -0.344 e. The first-order chi connectivity index (χ1) is 14.2. The number of likely N-dealkylation sites (N-methyl/N-ethyl adjacent to an activating group) is 1. The summed E-state index contributed by atoms with van der Waals surface area (Å²) in [5.74, 6) is 0. The highest BCUT2D eigenvalue weighted by Gasteiger charge is 2.44. The zero-order valence-electron chi connectivity index (χ0n) is 19.6. The van der Waals surface area contributed by atoms with Gasteiger partial charge in [-0.25, -0.2) is 0 Å². The Balaban J connectivity index is 1.81. The van der Waals surface area contributed by atoms with Crippen LogP contribution < -0.4 is 4.90 Å². The van der Waals surface area contributed by atoms with E-state index in [4.69, 9.17) is 0 Å². The van der Waals surface area contributed by atoms with Crippen molar-refractivity contribution in [3.63, 3.8) is 0 Å². The number of benzene rings is 2. The summed E-state index contributed by atoms with van der Waals surface area (Å²) < 4.78 is 2.48. The average molecular weight is 400 g/mol. The molecule has 2 nitrogen and oxygen atoms in total. The van der Waals surface area contributed by atoms with Gasteiger partial charge in [-0.3, -0.25) is 0 Å². The molecule has 0 bridgehead atoms. The molecule has 2 aromatic carbocycles. The summed E-state index contributed by atoms with van der Waals surface area (Å²) in [5.41, 5.74) is 9.62. The van der Waals surface area contributed by atoms with Crippen molar-refractivity contribution in [3.05, 3.63) is 83.1 Å². The van der Waals surface area contributed by atoms with Crippen LogP contribution in [0.15, 0.2) is 72.0 Å². The van der Waals surface area contributed by atoms with Gasteiger partial charge in [0.25, 0.3) is 0 Å². The molecule has 30 heavy (non-hydrogen) atoms. The maximum absolute atomic E-state index is 2.48. The molecule has 0 spiro atoms. The van der Waals surface area contributed by atoms with Crippen LogP contribution in [0.4, 0.5) is 11.4 Å². The fourth-order valence-electron chi connectivity index (χ4n) is 5.36. The maximum atomic E-state index is 2.48. The van der Waals surface area contributed by atoms with Crippen LogP contribution in [0.3, 0.4) is 0 Å². The molecule has 2 heteroatoms. The molecule has 156 valence electrons. The standard InChI is InChI=1S/C28H35N2/c1-8-29-23-16-12-10-14-21(23)27(4,5)25(29)18-20(3)19-26-28(6,7)22-15-11-13-17-24(22)30(26)9-2/h10-19H,8-9H2,1-7H3/q+1. The lowest BCUT2D eigenvalue weighted by Crippen LogP contribution is -2.28. The van der Waals surface area contributed by atoms with E-state index in [1.54, 1.807) is 0 Å². The molecule has 0 aliphatic carbocycles. The van der Waals surface area contributed by atoms with Crippen molar-refractivity contribution in [1.29, 1.82) is 0 Å². The minimum absolute atomic E-state index is 0.00493. The molecule has 2 aliphatic heterocycles. The molecule has 0 radical (unpaired) electrons. The fraction of sp³-hybridized carbons (Fsp3) is 0.393. The minimum atomic E-state index is 0.00493. The molecular formula is C28H35N2+. The number of rotatable bonds is 4. The van der Waals surface area contributed by atoms with Crippen molar-refractivity contribution in [2.45, 2.75) is 59.3 Å². The van der Waals surface area contributed by atoms with E-state index in [-0.39, 0.29) is 10.8 Å². The van der Waals surface area contributed by atoms with Gasteiger partial charge < -0.3 is 4.90 Å². The Morgan fingerprint density at radius 1 is 0.900 bits per heavy atom. The molecule has 0 N–H and O–H groups in total. The molecule has 0 atom stereocenters. The van der Waals surface area contributed by atoms with E-state index in [0.717, 1.165) is 13.1 Å². The van der Waals surface area contributed by atoms with Crippen molar-refractivity contribution in [1.82, 2.24) is 0 Å². The predicted octanol–water partition coefficient (Wildman–Crippen LogP) is 6.73. The second-order valence-corrected chi connectivity index (χ2v) is 9.58. The summed E-state index contributed by atoms with van der Waals surface area (Å²) in [7, 11) is 0. The van der Waals surface area contributed by atoms with E-state index < -0.39 is 0 Å². The molecule has 0 aromatic heterocycles. The number of hydrogen-bond acceptors (Lipinski definition) is 1. The zero-order chi connectivity index (χ0) is 21.7. The summed E-state index contributed by atoms with van der Waals surface area (Å²) in [4.78, 5) is 2.48. The third kappa shape index (κ3) is 2.96. The van der Waals surface area contributed by atoms with Crippen molar-refractivity contribution in [2.75, 3.05) is 18.0 Å². The van der Waals surface area contributed by atoms with Gasteiger partial charge >= 0.3 is 0 Å². The van der Waals surface area contributed by atoms with E-state index in [1.807, 2.05) is 0 Å². The van der Waals surface area contributed by atoms with E-state index in [9.17, 15) is 0 Å². The van der Waals surface area contributed by atoms with Crippen LogP contribution in [0.1, 0.15) is 59.6 Å². The van der Waals surface area contributed by atoms with Crippen LogP contribution in [0.25, 0.3) is 0 Å². The number of anilines is 1. The van der Waals surface area contributed by atoms with E-state index >= 15 is 0 Å². The van der Waals surface area contributed by atoms with Crippen LogP contribution in [0.5, 0.6) is 0 Å². The molecule has 4 rings (SSSR count). The Labute approximate surface area is 182 Å². The third-order valence-electron chi connectivity index (χ3n) is 6.96. The van der Waals surface area contributed by atoms with E-state index in [2.05, 4.69) is 119 Å². The van der Waals surface area contributed by atoms with Gasteiger partial charge in [-0.15, -0.1) is 0 Å². The Bertz CT molecular complexity index is 1080. The van der Waals surface area contributed by atoms with Gasteiger partial charge in [0.05, 0.1) is 5.41 Å². The molecule has 2 heterocycles. The second kappa shape index (κ2) is 7.27. The first-order valence-corrected chi connectivity index (χ1v) is 11.3. The molecule has 0 amide bonds. The highest BCUT2D eigenvalue weighted by molar-refractivity contribution is 6.03. The van der Waals surface area contributed by atoms with Gasteiger partial charge in [0.1, 0.15) is 6.54 Å². The number of hydrogen-bond donors (Lipinski definition) is 0. The van der Waals surface area contributed by atoms with Crippen molar-refractivity contribution in [2.24, 2.45) is 0 Å². The van der Waals surface area contributed by atoms with Crippen LogP contribution in [-0.4, -0.2) is 23.4 Å². The Kier molecular flexibility index (Phi) is 5.00. The van der Waals surface area contributed by atoms with Crippen LogP contribution >= 0.6 is 0 Å². The fourth-order valence-corrected chi connectivity index (χ4v) is 5.36. The summed E-state index contributed by atoms with van der Waals surface area (Å²) >= 11 is 0. The monoisotopic (exact) mass is 399 g/mol. The van der Waals surface area contributed by atoms with E-state index in [1.165, 1.54) is 39.5 Å². The number of allylic oxidation sites excluding steroid dienone is 4. The molecule has 0 fully saturated rings. The first-order valence-electron chi connectivity index (χ1n) is 11.3. The van der Waals surface area contributed by atoms with Gasteiger partial charge in [-0.1, -0.05) is 50.2 Å². The number of para-hydroxylation sites is 2. The SMILES string of the molecule is CCN1C(=CC(C)=CC2=[N+](CC)c3ccccc3C2(C)C)C(C)(C)c2ccccc21. The van der Waals surface area contributed by atoms with Gasteiger partial charge in [0, 0.05) is 41.1 Å². The lowest BCUT2D eigenvalue weighted by atomic mass is 9.80. The smallest absolute Gasteiger partial charge is 0.209 e. The Morgan fingerprint density at radius 2 is 1.53 bits per heavy atom. The second-order valence-electron chi connectivity index (χ2n) is 9.58. The van der Waals surface area contributed by atoms with Crippen LogP contribution in [0, 0.1) is 0 Å². The van der Waals surface area contributed by atoms with Gasteiger partial charge in [0.15, 0.2) is 5.71 Å². The number of fused-ring (bicyclic) bond motifs is 2. The summed E-state index contributed by atoms with van der Waals surface area (Å²) in [6.07, 6.45) is 4.81. The Hall–Kier alpha value is -2.61. The van der Waals surface area contributed by atoms with Crippen molar-refractivity contribution in [3.8, 4) is 0 Å². The Morgan fingerprint density at radius 3 is 2.20 bits per heavy atom. The van der Waals surface area contributed by atoms with Gasteiger partial charge in [-0.05, 0) is 57.9 Å². The van der Waals surface area contributed by atoms with Crippen molar-refractivity contribution < 1.29 is 4.58 Å². The maximum Gasteiger partial charge on any atom is 0.209 e. The normalized spacial score (nSPS) is 20.7. The average Bonchev–Trinajstić information content (AvgIpc) is 3.07. The van der Waals surface area contributed by atoms with E-state index in [0.29, 0.717) is 0 Å². The zero-order valence-corrected chi connectivity index (χ0v) is 19.6. The highest BCUT2D eigenvalue weighted by Crippen LogP contribution is 2.48. The largest absolute Gasteiger partial charge is 0.344 e. The molecule has 2 aromatic rings. The molecular weight excluding hydrogens is 364 g/mol. The predicted molar refractivity (Wildman–Crippen MR) is 129 cm³/mol. The molecule has 2 aliphatic rings. The quantitative estimate of drug-likeness (QED) is 0.517. The van der Waals surface area contributed by atoms with Crippen LogP contribution in [0.2, 0.25) is 0 Å². The summed E-state index contributed by atoms with van der Waals surface area (Å²) in [6, 6.07) is 17.7. The number of nitrogens with zero attached hydrogens (tertiary/aromatic N) is 2. The highest BCUT2D eigenvalue weighted by atomic mass is 15.2. The molecule has 0 saturated carbocycles. The van der Waals surface area contributed by atoms with Gasteiger partial charge in [0.2, 0.25) is 5.69 Å². The lowest BCUT2D eigenvalue weighted by molar-refractivity contribution is -0.433. The lowest BCUT2D eigenvalue weighted by Gasteiger charge is -2.26. The van der Waals surface area contributed by atoms with Gasteiger partial charge in [-0.2, -0.15) is 4.58 Å².